The summed E-state index contributed by atoms with van der Waals surface area (Å²) in [4.78, 5) is 39.1. The van der Waals surface area contributed by atoms with Gasteiger partial charge in [-0.1, -0.05) is 13.8 Å². The van der Waals surface area contributed by atoms with Crippen LogP contribution < -0.4 is 14.4 Å². The Morgan fingerprint density at radius 1 is 1.03 bits per heavy atom. The molecule has 0 radical (unpaired) electrons. The SMILES string of the molecule is COc1ccc(OC)c(C2CC(=O)N(c3ccc([N+](=O)[O-])cc3)C3=C2C(=O)CC(C)(C)C3)c1. The number of hydrogen-bond donors (Lipinski definition) is 0. The summed E-state index contributed by atoms with van der Waals surface area (Å²) in [5, 5.41) is 11.1. The van der Waals surface area contributed by atoms with E-state index in [0.717, 1.165) is 5.56 Å². The number of ketones is 1. The van der Waals surface area contributed by atoms with Crippen molar-refractivity contribution in [3.05, 3.63) is 69.4 Å². The van der Waals surface area contributed by atoms with Gasteiger partial charge in [0, 0.05) is 53.4 Å². The molecule has 172 valence electrons. The fourth-order valence-electron chi connectivity index (χ4n) is 4.82. The van der Waals surface area contributed by atoms with Crippen LogP contribution in [0.1, 0.15) is 44.6 Å². The van der Waals surface area contributed by atoms with Crippen molar-refractivity contribution in [2.24, 2.45) is 5.41 Å². The summed E-state index contributed by atoms with van der Waals surface area (Å²) < 4.78 is 10.9. The first kappa shape index (κ1) is 22.5. The average Bonchev–Trinajstić information content (AvgIpc) is 2.77. The van der Waals surface area contributed by atoms with Gasteiger partial charge in [-0.15, -0.1) is 0 Å². The standard InChI is InChI=1S/C25H26N2O6/c1-25(2)13-20-24(21(28)14-25)19(18-11-17(32-3)9-10-22(18)33-4)12-23(29)26(20)15-5-7-16(8-6-15)27(30)31/h5-11,19H,12-14H2,1-4H3. The van der Waals surface area contributed by atoms with Crippen molar-refractivity contribution in [2.75, 3.05) is 19.1 Å². The van der Waals surface area contributed by atoms with E-state index in [9.17, 15) is 19.7 Å². The summed E-state index contributed by atoms with van der Waals surface area (Å²) in [6, 6.07) is 11.2. The molecular weight excluding hydrogens is 424 g/mol. The number of nitrogens with zero attached hydrogens (tertiary/aromatic N) is 2. The molecule has 0 fully saturated rings. The van der Waals surface area contributed by atoms with Crippen molar-refractivity contribution in [2.45, 2.75) is 39.0 Å². The molecule has 33 heavy (non-hydrogen) atoms. The van der Waals surface area contributed by atoms with Gasteiger partial charge in [0.05, 0.1) is 19.1 Å². The average molecular weight is 450 g/mol. The summed E-state index contributed by atoms with van der Waals surface area (Å²) in [6.45, 7) is 4.01. The molecule has 4 rings (SSSR count). The maximum Gasteiger partial charge on any atom is 0.269 e. The van der Waals surface area contributed by atoms with Gasteiger partial charge >= 0.3 is 0 Å². The molecule has 0 bridgehead atoms. The van der Waals surface area contributed by atoms with Crippen LogP contribution in [0.25, 0.3) is 0 Å². The second-order valence-corrected chi connectivity index (χ2v) is 9.17. The predicted octanol–water partition coefficient (Wildman–Crippen LogP) is 4.78. The van der Waals surface area contributed by atoms with E-state index in [1.807, 2.05) is 19.9 Å². The van der Waals surface area contributed by atoms with E-state index in [1.54, 1.807) is 43.4 Å². The summed E-state index contributed by atoms with van der Waals surface area (Å²) in [5.41, 5.74) is 2.11. The number of amides is 1. The predicted molar refractivity (Wildman–Crippen MR) is 123 cm³/mol. The van der Waals surface area contributed by atoms with Gasteiger partial charge in [0.15, 0.2) is 5.78 Å². The van der Waals surface area contributed by atoms with Crippen molar-refractivity contribution >= 4 is 23.1 Å². The monoisotopic (exact) mass is 450 g/mol. The van der Waals surface area contributed by atoms with E-state index in [1.165, 1.54) is 12.1 Å². The van der Waals surface area contributed by atoms with Gasteiger partial charge in [0.2, 0.25) is 5.91 Å². The van der Waals surface area contributed by atoms with Crippen LogP contribution in [0, 0.1) is 15.5 Å². The van der Waals surface area contributed by atoms with E-state index in [0.29, 0.717) is 41.3 Å². The number of hydrogen-bond acceptors (Lipinski definition) is 6. The van der Waals surface area contributed by atoms with Crippen LogP contribution in [0.15, 0.2) is 53.7 Å². The lowest BCUT2D eigenvalue weighted by molar-refractivity contribution is -0.384. The molecule has 0 saturated carbocycles. The Hall–Kier alpha value is -3.68. The maximum absolute atomic E-state index is 13.5. The van der Waals surface area contributed by atoms with Gasteiger partial charge < -0.3 is 9.47 Å². The highest BCUT2D eigenvalue weighted by Crippen LogP contribution is 2.50. The van der Waals surface area contributed by atoms with Crippen LogP contribution in [0.4, 0.5) is 11.4 Å². The minimum Gasteiger partial charge on any atom is -0.497 e. The Morgan fingerprint density at radius 2 is 1.73 bits per heavy atom. The highest BCUT2D eigenvalue weighted by molar-refractivity contribution is 6.08. The second kappa shape index (κ2) is 8.35. The molecular formula is C25H26N2O6. The summed E-state index contributed by atoms with van der Waals surface area (Å²) >= 11 is 0. The zero-order valence-electron chi connectivity index (χ0n) is 19.1. The maximum atomic E-state index is 13.5. The van der Waals surface area contributed by atoms with E-state index >= 15 is 0 Å². The number of carbonyl (C=O) groups is 2. The first-order chi connectivity index (χ1) is 15.6. The highest BCUT2D eigenvalue weighted by atomic mass is 16.6. The number of Topliss-reactive ketones (excluding diaryl/α,β-unsaturated/α-hetero) is 1. The Morgan fingerprint density at radius 3 is 2.33 bits per heavy atom. The van der Waals surface area contributed by atoms with E-state index in [4.69, 9.17) is 9.47 Å². The van der Waals surface area contributed by atoms with Crippen LogP contribution in [-0.2, 0) is 9.59 Å². The van der Waals surface area contributed by atoms with Crippen molar-refractivity contribution in [3.63, 3.8) is 0 Å². The molecule has 0 N–H and O–H groups in total. The molecule has 1 heterocycles. The van der Waals surface area contributed by atoms with Crippen molar-refractivity contribution in [1.29, 1.82) is 0 Å². The Kier molecular flexibility index (Phi) is 5.69. The number of methoxy groups -OCH3 is 2. The minimum atomic E-state index is -0.481. The lowest BCUT2D eigenvalue weighted by atomic mass is 9.69. The number of rotatable bonds is 5. The molecule has 1 unspecified atom stereocenters. The Labute approximate surface area is 191 Å². The van der Waals surface area contributed by atoms with Crippen LogP contribution in [0.2, 0.25) is 0 Å². The number of carbonyl (C=O) groups excluding carboxylic acids is 2. The first-order valence-electron chi connectivity index (χ1n) is 10.7. The third-order valence-corrected chi connectivity index (χ3v) is 6.27. The zero-order valence-corrected chi connectivity index (χ0v) is 19.1. The van der Waals surface area contributed by atoms with Gasteiger partial charge in [0.25, 0.3) is 5.69 Å². The van der Waals surface area contributed by atoms with Crippen molar-refractivity contribution in [3.8, 4) is 11.5 Å². The molecule has 1 aliphatic carbocycles. The zero-order chi connectivity index (χ0) is 23.9. The Balaban J connectivity index is 1.90. The van der Waals surface area contributed by atoms with E-state index in [-0.39, 0.29) is 29.2 Å². The number of non-ortho nitro benzene ring substituents is 1. The molecule has 1 aliphatic heterocycles. The van der Waals surface area contributed by atoms with Crippen LogP contribution >= 0.6 is 0 Å². The second-order valence-electron chi connectivity index (χ2n) is 9.17. The fraction of sp³-hybridized carbons (Fsp3) is 0.360. The van der Waals surface area contributed by atoms with Gasteiger partial charge in [-0.05, 0) is 42.2 Å². The third kappa shape index (κ3) is 4.08. The smallest absolute Gasteiger partial charge is 0.269 e. The van der Waals surface area contributed by atoms with E-state index < -0.39 is 10.8 Å². The van der Waals surface area contributed by atoms with Crippen LogP contribution in [0.5, 0.6) is 11.5 Å². The molecule has 2 aliphatic rings. The summed E-state index contributed by atoms with van der Waals surface area (Å²) in [7, 11) is 3.12. The van der Waals surface area contributed by atoms with Gasteiger partial charge in [-0.2, -0.15) is 0 Å². The quantitative estimate of drug-likeness (QED) is 0.480. The topological polar surface area (TPSA) is 99.0 Å². The normalized spacial score (nSPS) is 19.9. The first-order valence-corrected chi connectivity index (χ1v) is 10.7. The molecule has 8 nitrogen and oxygen atoms in total. The highest BCUT2D eigenvalue weighted by Gasteiger charge is 2.45. The number of nitro groups is 1. The molecule has 0 spiro atoms. The largest absolute Gasteiger partial charge is 0.497 e. The van der Waals surface area contributed by atoms with E-state index in [2.05, 4.69) is 0 Å². The number of benzene rings is 2. The molecule has 2 aromatic carbocycles. The summed E-state index contributed by atoms with van der Waals surface area (Å²) in [6.07, 6.45) is 0.974. The molecule has 2 aromatic rings. The molecule has 8 heteroatoms. The molecule has 0 aromatic heterocycles. The number of nitro benzene ring substituents is 1. The number of anilines is 1. The van der Waals surface area contributed by atoms with Gasteiger partial charge in [-0.3, -0.25) is 24.6 Å². The van der Waals surface area contributed by atoms with Crippen molar-refractivity contribution < 1.29 is 24.0 Å². The number of allylic oxidation sites excluding steroid dienone is 2. The molecule has 0 saturated heterocycles. The van der Waals surface area contributed by atoms with Gasteiger partial charge in [-0.25, -0.2) is 0 Å². The molecule has 1 amide bonds. The van der Waals surface area contributed by atoms with Crippen molar-refractivity contribution in [1.82, 2.24) is 0 Å². The fourth-order valence-corrected chi connectivity index (χ4v) is 4.82. The third-order valence-electron chi connectivity index (χ3n) is 6.27. The number of ether oxygens (including phenoxy) is 2. The van der Waals surface area contributed by atoms with Crippen LogP contribution in [0.3, 0.4) is 0 Å². The van der Waals surface area contributed by atoms with Gasteiger partial charge in [0.1, 0.15) is 11.5 Å². The summed E-state index contributed by atoms with van der Waals surface area (Å²) in [5.74, 6) is 0.553. The Bertz CT molecular complexity index is 1170. The lowest BCUT2D eigenvalue weighted by Gasteiger charge is -2.43. The minimum absolute atomic E-state index is 0.00413. The van der Waals surface area contributed by atoms with Crippen LogP contribution in [-0.4, -0.2) is 30.8 Å². The molecule has 1 atom stereocenters. The lowest BCUT2D eigenvalue weighted by Crippen LogP contribution is -2.43.